The van der Waals surface area contributed by atoms with Crippen LogP contribution in [0.25, 0.3) is 0 Å². The van der Waals surface area contributed by atoms with Crippen molar-refractivity contribution in [1.82, 2.24) is 15.4 Å². The molecule has 0 aliphatic heterocycles. The molecule has 1 aromatic heterocycles. The Kier molecular flexibility index (Phi) is 7.03. The summed E-state index contributed by atoms with van der Waals surface area (Å²) in [5.41, 5.74) is -3.72. The highest BCUT2D eigenvalue weighted by Gasteiger charge is 2.97. The zero-order valence-corrected chi connectivity index (χ0v) is 15.3. The number of hydrogen-bond donors (Lipinski definition) is 0. The second kappa shape index (κ2) is 8.02. The van der Waals surface area contributed by atoms with Gasteiger partial charge in [0.15, 0.2) is 5.69 Å². The molecule has 210 valence electrons. The summed E-state index contributed by atoms with van der Waals surface area (Å²) in [4.78, 5) is 0. The Morgan fingerprint density at radius 3 is 1.03 bits per heavy atom. The molecular weight excluding hydrogens is 585 g/mol. The van der Waals surface area contributed by atoms with Gasteiger partial charge < -0.3 is 0 Å². The third kappa shape index (κ3) is 3.67. The Hall–Kier alpha value is -2.46. The van der Waals surface area contributed by atoms with Gasteiger partial charge in [-0.15, -0.1) is 5.10 Å². The van der Waals surface area contributed by atoms with Crippen LogP contribution in [-0.2, 0) is 5.92 Å². The van der Waals surface area contributed by atoms with Gasteiger partial charge in [0.25, 0.3) is 5.95 Å². The molecule has 0 spiro atoms. The van der Waals surface area contributed by atoms with Crippen molar-refractivity contribution in [2.24, 2.45) is 0 Å². The summed E-state index contributed by atoms with van der Waals surface area (Å²) >= 11 is 0. The fraction of sp³-hybridized carbons (Fsp3) is 0.750. The number of halogens is 21. The molecule has 0 aliphatic carbocycles. The molecule has 1 rings (SSSR count). The van der Waals surface area contributed by atoms with Crippen LogP contribution in [0.5, 0.6) is 0 Å². The van der Waals surface area contributed by atoms with E-state index in [1.165, 1.54) is 5.10 Å². The smallest absolute Gasteiger partial charge is 0.199 e. The van der Waals surface area contributed by atoms with Crippen LogP contribution in [-0.4, -0.2) is 63.0 Å². The number of rotatable bonds is 8. The van der Waals surface area contributed by atoms with E-state index in [-0.39, 0.29) is 0 Å². The minimum absolute atomic E-state index is 1.52. The number of aromatic nitrogens is 3. The summed E-state index contributed by atoms with van der Waals surface area (Å²) in [5, 5.41) is 5.04. The third-order valence-electron chi connectivity index (χ3n) is 4.08. The van der Waals surface area contributed by atoms with Crippen LogP contribution >= 0.6 is 0 Å². The largest absolute Gasteiger partial charge is 0.460 e. The van der Waals surface area contributed by atoms with E-state index in [2.05, 4.69) is 0 Å². The predicted molar refractivity (Wildman–Crippen MR) is 64.3 cm³/mol. The molecule has 0 atom stereocenters. The highest BCUT2D eigenvalue weighted by atomic mass is 19.4. The lowest BCUT2D eigenvalue weighted by molar-refractivity contribution is -0.469. The van der Waals surface area contributed by atoms with Crippen LogP contribution in [0.4, 0.5) is 92.2 Å². The van der Waals surface area contributed by atoms with Gasteiger partial charge in [-0.05, 0) is 5.21 Å². The highest BCUT2D eigenvalue weighted by Crippen LogP contribution is 2.66. The minimum atomic E-state index is -9.13. The number of nitrogens with zero attached hydrogens (tertiary/aromatic N) is 3. The first-order valence-corrected chi connectivity index (χ1v) is 7.57. The molecule has 0 unspecified atom stereocenters. The molecular formula is C12F21N3. The van der Waals surface area contributed by atoms with Crippen molar-refractivity contribution in [3.05, 3.63) is 17.5 Å². The Bertz CT molecular complexity index is 979. The van der Waals surface area contributed by atoms with E-state index in [1.807, 2.05) is 0 Å². The zero-order valence-electron chi connectivity index (χ0n) is 15.3. The van der Waals surface area contributed by atoms with Gasteiger partial charge in [-0.25, -0.2) is 0 Å². The van der Waals surface area contributed by atoms with Crippen molar-refractivity contribution in [2.75, 3.05) is 0 Å². The Morgan fingerprint density at radius 2 is 0.694 bits per heavy atom. The van der Waals surface area contributed by atoms with Crippen molar-refractivity contribution in [2.45, 2.75) is 53.6 Å². The minimum Gasteiger partial charge on any atom is -0.199 e. The summed E-state index contributed by atoms with van der Waals surface area (Å²) in [6.07, 6.45) is -7.99. The second-order valence-corrected chi connectivity index (χ2v) is 6.34. The summed E-state index contributed by atoms with van der Waals surface area (Å²) in [6.45, 7) is 0. The molecule has 0 saturated heterocycles. The van der Waals surface area contributed by atoms with E-state index in [1.54, 1.807) is 10.3 Å². The number of alkyl halides is 19. The van der Waals surface area contributed by atoms with Crippen LogP contribution in [0.15, 0.2) is 0 Å². The lowest BCUT2D eigenvalue weighted by Gasteiger charge is -2.43. The molecule has 3 nitrogen and oxygen atoms in total. The van der Waals surface area contributed by atoms with E-state index < -0.39 is 71.0 Å². The summed E-state index contributed by atoms with van der Waals surface area (Å²) < 4.78 is 276. The van der Waals surface area contributed by atoms with Crippen molar-refractivity contribution in [1.29, 1.82) is 0 Å². The molecule has 0 fully saturated rings. The first kappa shape index (κ1) is 31.6. The van der Waals surface area contributed by atoms with Gasteiger partial charge in [-0.2, -0.15) is 92.2 Å². The maximum absolute atomic E-state index is 13.7. The van der Waals surface area contributed by atoms with Gasteiger partial charge >= 0.3 is 53.6 Å². The van der Waals surface area contributed by atoms with Gasteiger partial charge in [-0.1, -0.05) is 5.10 Å². The topological polar surface area (TPSA) is 38.7 Å². The molecule has 0 amide bonds. The van der Waals surface area contributed by atoms with Gasteiger partial charge in [0.05, 0.1) is 0 Å². The van der Waals surface area contributed by atoms with Crippen molar-refractivity contribution in [3.8, 4) is 0 Å². The molecule has 1 heterocycles. The van der Waals surface area contributed by atoms with Crippen molar-refractivity contribution >= 4 is 0 Å². The standard InChI is InChI=1S/C12F21N3/c13-1-2(34-36-35-3(1)14)4(15,16)5(17,18)6(19,20)7(21,22)8(23,24)9(25,26)10(27,28)11(29,30)12(31,32)33. The molecule has 0 N–H and O–H groups in total. The predicted octanol–water partition coefficient (Wildman–Crippen LogP) is 6.25. The Labute approximate surface area is 180 Å². The second-order valence-electron chi connectivity index (χ2n) is 6.34. The van der Waals surface area contributed by atoms with E-state index in [0.717, 1.165) is 0 Å². The van der Waals surface area contributed by atoms with Crippen LogP contribution in [0.2, 0.25) is 0 Å². The number of hydrogen-bond acceptors (Lipinski definition) is 3. The van der Waals surface area contributed by atoms with E-state index >= 15 is 0 Å². The Balaban J connectivity index is 3.83. The quantitative estimate of drug-likeness (QED) is 0.339. The molecule has 0 saturated carbocycles. The molecule has 36 heavy (non-hydrogen) atoms. The van der Waals surface area contributed by atoms with Crippen LogP contribution in [0.3, 0.4) is 0 Å². The average molecular weight is 585 g/mol. The van der Waals surface area contributed by atoms with E-state index in [0.29, 0.717) is 0 Å². The van der Waals surface area contributed by atoms with Crippen LogP contribution in [0.1, 0.15) is 5.69 Å². The van der Waals surface area contributed by atoms with E-state index in [9.17, 15) is 92.2 Å². The lowest BCUT2D eigenvalue weighted by atomic mass is 9.87. The van der Waals surface area contributed by atoms with Crippen LogP contribution < -0.4 is 0 Å². The molecule has 0 aliphatic rings. The zero-order chi connectivity index (χ0) is 29.4. The third-order valence-corrected chi connectivity index (χ3v) is 4.08. The van der Waals surface area contributed by atoms with Gasteiger partial charge in [0.2, 0.25) is 5.82 Å². The molecule has 0 bridgehead atoms. The van der Waals surface area contributed by atoms with Crippen LogP contribution in [0, 0.1) is 11.8 Å². The monoisotopic (exact) mass is 585 g/mol. The van der Waals surface area contributed by atoms with Crippen molar-refractivity contribution in [3.63, 3.8) is 0 Å². The summed E-state index contributed by atoms with van der Waals surface area (Å²) in [5.74, 6) is -75.8. The fourth-order valence-electron chi connectivity index (χ4n) is 2.00. The maximum Gasteiger partial charge on any atom is 0.460 e. The first-order chi connectivity index (χ1) is 15.4. The van der Waals surface area contributed by atoms with E-state index in [4.69, 9.17) is 0 Å². The first-order valence-electron chi connectivity index (χ1n) is 7.57. The lowest BCUT2D eigenvalue weighted by Crippen LogP contribution is -2.75. The molecule has 0 aromatic carbocycles. The van der Waals surface area contributed by atoms with Gasteiger partial charge in [-0.3, -0.25) is 0 Å². The van der Waals surface area contributed by atoms with Crippen molar-refractivity contribution < 1.29 is 92.2 Å². The fourth-order valence-corrected chi connectivity index (χ4v) is 2.00. The molecule has 24 heteroatoms. The maximum atomic E-state index is 13.7. The van der Waals surface area contributed by atoms with Gasteiger partial charge in [0, 0.05) is 0 Å². The summed E-state index contributed by atoms with van der Waals surface area (Å²) in [7, 11) is 0. The van der Waals surface area contributed by atoms with Gasteiger partial charge in [0.1, 0.15) is 0 Å². The normalized spacial score (nSPS) is 15.9. The Morgan fingerprint density at radius 1 is 0.389 bits per heavy atom. The molecule has 0 radical (unpaired) electrons. The average Bonchev–Trinajstić information content (AvgIpc) is 2.67. The highest BCUT2D eigenvalue weighted by molar-refractivity contribution is 5.21. The SMILES string of the molecule is Fc1nnnc(C(F)(F)C(F)(F)C(F)(F)C(F)(F)C(F)(F)C(F)(F)C(F)(F)C(F)(F)C(F)(F)F)c1F. The molecule has 1 aromatic rings. The summed E-state index contributed by atoms with van der Waals surface area (Å²) in [6, 6.07) is 0.